The lowest BCUT2D eigenvalue weighted by molar-refractivity contribution is -0.124. The molecule has 0 aromatic heterocycles. The molecule has 0 fully saturated rings. The van der Waals surface area contributed by atoms with Crippen LogP contribution in [0.1, 0.15) is 6.92 Å². The van der Waals surface area contributed by atoms with Crippen molar-refractivity contribution in [2.75, 3.05) is 25.5 Å². The average molecular weight is 254 g/mol. The van der Waals surface area contributed by atoms with E-state index < -0.39 is 12.2 Å². The van der Waals surface area contributed by atoms with E-state index in [0.717, 1.165) is 0 Å². The Hall–Kier alpha value is -1.79. The highest BCUT2D eigenvalue weighted by molar-refractivity contribution is 5.77. The van der Waals surface area contributed by atoms with Crippen molar-refractivity contribution in [2.45, 2.75) is 12.5 Å². The van der Waals surface area contributed by atoms with E-state index in [-0.39, 0.29) is 19.1 Å². The molecular formula is C12H18N2O4. The van der Waals surface area contributed by atoms with Gasteiger partial charge in [0.2, 0.25) is 0 Å². The SMILES string of the molecule is CC(O)(CO)CNC(=O)COc1ccc(N)cc1. The summed E-state index contributed by atoms with van der Waals surface area (Å²) in [6.07, 6.45) is 0. The van der Waals surface area contributed by atoms with E-state index in [9.17, 15) is 9.90 Å². The molecule has 0 bridgehead atoms. The van der Waals surface area contributed by atoms with Crippen molar-refractivity contribution in [1.29, 1.82) is 0 Å². The number of benzene rings is 1. The second-order valence-electron chi connectivity index (χ2n) is 4.29. The predicted octanol–water partition coefficient (Wildman–Crippen LogP) is -0.493. The van der Waals surface area contributed by atoms with Crippen LogP contribution in [0.2, 0.25) is 0 Å². The molecule has 18 heavy (non-hydrogen) atoms. The lowest BCUT2D eigenvalue weighted by atomic mass is 10.1. The third-order valence-electron chi connectivity index (χ3n) is 2.26. The van der Waals surface area contributed by atoms with Crippen molar-refractivity contribution in [3.05, 3.63) is 24.3 Å². The van der Waals surface area contributed by atoms with Crippen LogP contribution in [0.3, 0.4) is 0 Å². The summed E-state index contributed by atoms with van der Waals surface area (Å²) < 4.78 is 5.21. The van der Waals surface area contributed by atoms with Crippen LogP contribution >= 0.6 is 0 Å². The number of aliphatic hydroxyl groups excluding tert-OH is 1. The minimum absolute atomic E-state index is 0.0343. The molecule has 100 valence electrons. The third-order valence-corrected chi connectivity index (χ3v) is 2.26. The Labute approximate surface area is 105 Å². The van der Waals surface area contributed by atoms with E-state index in [2.05, 4.69) is 5.32 Å². The first-order chi connectivity index (χ1) is 8.43. The van der Waals surface area contributed by atoms with Gasteiger partial charge in [-0.3, -0.25) is 4.79 Å². The maximum atomic E-state index is 11.4. The van der Waals surface area contributed by atoms with Gasteiger partial charge in [-0.25, -0.2) is 0 Å². The summed E-state index contributed by atoms with van der Waals surface area (Å²) >= 11 is 0. The molecule has 0 saturated heterocycles. The molecule has 6 nitrogen and oxygen atoms in total. The largest absolute Gasteiger partial charge is 0.484 e. The quantitative estimate of drug-likeness (QED) is 0.513. The second kappa shape index (κ2) is 6.23. The Bertz CT molecular complexity index is 390. The van der Waals surface area contributed by atoms with Crippen LogP contribution in [-0.2, 0) is 4.79 Å². The van der Waals surface area contributed by atoms with Gasteiger partial charge in [0.25, 0.3) is 5.91 Å². The maximum absolute atomic E-state index is 11.4. The Kier molecular flexibility index (Phi) is 4.94. The molecule has 1 aromatic carbocycles. The first kappa shape index (κ1) is 14.3. The van der Waals surface area contributed by atoms with Crippen molar-refractivity contribution >= 4 is 11.6 Å². The summed E-state index contributed by atoms with van der Waals surface area (Å²) in [6.45, 7) is 0.805. The number of nitrogens with two attached hydrogens (primary N) is 1. The van der Waals surface area contributed by atoms with Crippen molar-refractivity contribution < 1.29 is 19.7 Å². The number of aliphatic hydroxyl groups is 2. The lowest BCUT2D eigenvalue weighted by Crippen LogP contribution is -2.44. The third kappa shape index (κ3) is 5.03. The number of amides is 1. The Morgan fingerprint density at radius 3 is 2.61 bits per heavy atom. The lowest BCUT2D eigenvalue weighted by Gasteiger charge is -2.20. The van der Waals surface area contributed by atoms with Gasteiger partial charge in [-0.05, 0) is 31.2 Å². The van der Waals surface area contributed by atoms with Gasteiger partial charge in [-0.1, -0.05) is 0 Å². The number of carbonyl (C=O) groups excluding carboxylic acids is 1. The first-order valence-electron chi connectivity index (χ1n) is 5.51. The van der Waals surface area contributed by atoms with E-state index in [0.29, 0.717) is 11.4 Å². The monoisotopic (exact) mass is 254 g/mol. The number of nitrogens with one attached hydrogen (secondary N) is 1. The molecule has 1 rings (SSSR count). The molecule has 0 heterocycles. The second-order valence-corrected chi connectivity index (χ2v) is 4.29. The first-order valence-corrected chi connectivity index (χ1v) is 5.51. The van der Waals surface area contributed by atoms with E-state index in [1.165, 1.54) is 6.92 Å². The molecule has 1 atom stereocenters. The van der Waals surface area contributed by atoms with E-state index in [4.69, 9.17) is 15.6 Å². The topological polar surface area (TPSA) is 105 Å². The van der Waals surface area contributed by atoms with Crippen molar-refractivity contribution in [2.24, 2.45) is 0 Å². The highest BCUT2D eigenvalue weighted by Crippen LogP contribution is 2.12. The Morgan fingerprint density at radius 2 is 2.06 bits per heavy atom. The zero-order valence-corrected chi connectivity index (χ0v) is 10.2. The van der Waals surface area contributed by atoms with Gasteiger partial charge in [-0.2, -0.15) is 0 Å². The zero-order chi connectivity index (χ0) is 13.6. The van der Waals surface area contributed by atoms with Crippen LogP contribution < -0.4 is 15.8 Å². The van der Waals surface area contributed by atoms with Gasteiger partial charge in [0, 0.05) is 12.2 Å². The molecule has 0 saturated carbocycles. The summed E-state index contributed by atoms with van der Waals surface area (Å²) in [4.78, 5) is 11.4. The van der Waals surface area contributed by atoms with Gasteiger partial charge in [-0.15, -0.1) is 0 Å². The fraction of sp³-hybridized carbons (Fsp3) is 0.417. The van der Waals surface area contributed by atoms with Crippen LogP contribution in [0, 0.1) is 0 Å². The molecule has 1 unspecified atom stereocenters. The molecule has 6 heteroatoms. The van der Waals surface area contributed by atoms with E-state index >= 15 is 0 Å². The fourth-order valence-corrected chi connectivity index (χ4v) is 1.11. The molecule has 5 N–H and O–H groups in total. The van der Waals surface area contributed by atoms with Gasteiger partial charge < -0.3 is 26.0 Å². The van der Waals surface area contributed by atoms with Gasteiger partial charge in [0.1, 0.15) is 11.4 Å². The van der Waals surface area contributed by atoms with Crippen LogP contribution in [0.25, 0.3) is 0 Å². The standard InChI is InChI=1S/C12H18N2O4/c1-12(17,8-15)7-14-11(16)6-18-10-4-2-9(13)3-5-10/h2-5,15,17H,6-8,13H2,1H3,(H,14,16). The molecule has 0 aliphatic rings. The number of nitrogen functional groups attached to an aromatic ring is 1. The van der Waals surface area contributed by atoms with Crippen LogP contribution in [0.15, 0.2) is 24.3 Å². The molecular weight excluding hydrogens is 236 g/mol. The number of carbonyl (C=O) groups is 1. The smallest absolute Gasteiger partial charge is 0.258 e. The van der Waals surface area contributed by atoms with Gasteiger partial charge in [0.15, 0.2) is 6.61 Å². The number of rotatable bonds is 6. The summed E-state index contributed by atoms with van der Waals surface area (Å²) in [5.41, 5.74) is 4.80. The maximum Gasteiger partial charge on any atom is 0.258 e. The molecule has 0 aliphatic heterocycles. The Morgan fingerprint density at radius 1 is 1.44 bits per heavy atom. The zero-order valence-electron chi connectivity index (χ0n) is 10.2. The molecule has 0 aliphatic carbocycles. The van der Waals surface area contributed by atoms with Crippen LogP contribution in [-0.4, -0.2) is 41.5 Å². The van der Waals surface area contributed by atoms with E-state index in [1.54, 1.807) is 24.3 Å². The molecule has 1 amide bonds. The normalized spacial score (nSPS) is 13.7. The highest BCUT2D eigenvalue weighted by atomic mass is 16.5. The molecule has 1 aromatic rings. The van der Waals surface area contributed by atoms with E-state index in [1.807, 2.05) is 0 Å². The van der Waals surface area contributed by atoms with Crippen LogP contribution in [0.4, 0.5) is 5.69 Å². The van der Waals surface area contributed by atoms with Gasteiger partial charge >= 0.3 is 0 Å². The molecule has 0 radical (unpaired) electrons. The summed E-state index contributed by atoms with van der Waals surface area (Å²) in [5, 5.41) is 20.7. The van der Waals surface area contributed by atoms with Crippen molar-refractivity contribution in [3.8, 4) is 5.75 Å². The predicted molar refractivity (Wildman–Crippen MR) is 67.1 cm³/mol. The summed E-state index contributed by atoms with van der Waals surface area (Å²) in [5.74, 6) is 0.161. The number of ether oxygens (including phenoxy) is 1. The number of hydrogen-bond acceptors (Lipinski definition) is 5. The number of hydrogen-bond donors (Lipinski definition) is 4. The number of anilines is 1. The average Bonchev–Trinajstić information content (AvgIpc) is 2.36. The van der Waals surface area contributed by atoms with Crippen molar-refractivity contribution in [3.63, 3.8) is 0 Å². The van der Waals surface area contributed by atoms with Crippen molar-refractivity contribution in [1.82, 2.24) is 5.32 Å². The Balaban J connectivity index is 2.31. The fourth-order valence-electron chi connectivity index (χ4n) is 1.11. The minimum Gasteiger partial charge on any atom is -0.484 e. The molecule has 0 spiro atoms. The summed E-state index contributed by atoms with van der Waals surface area (Å²) in [6, 6.07) is 6.66. The van der Waals surface area contributed by atoms with Gasteiger partial charge in [0.05, 0.1) is 6.61 Å². The summed E-state index contributed by atoms with van der Waals surface area (Å²) in [7, 11) is 0. The minimum atomic E-state index is -1.32. The van der Waals surface area contributed by atoms with Crippen LogP contribution in [0.5, 0.6) is 5.75 Å². The highest BCUT2D eigenvalue weighted by Gasteiger charge is 2.19.